The van der Waals surface area contributed by atoms with Crippen LogP contribution in [0.3, 0.4) is 0 Å². The van der Waals surface area contributed by atoms with Crippen LogP contribution in [-0.4, -0.2) is 23.5 Å². The average molecular weight is 521 g/mol. The Kier molecular flexibility index (Phi) is 9.33. The van der Waals surface area contributed by atoms with Crippen molar-refractivity contribution in [2.75, 3.05) is 11.9 Å². The summed E-state index contributed by atoms with van der Waals surface area (Å²) in [5.41, 5.74) is 1.03. The summed E-state index contributed by atoms with van der Waals surface area (Å²) in [4.78, 5) is 30.2. The number of halogens is 2. The molecule has 6 nitrogen and oxygen atoms in total. The molecule has 0 aliphatic heterocycles. The lowest BCUT2D eigenvalue weighted by atomic mass is 9.78. The molecule has 0 saturated heterocycles. The third kappa shape index (κ3) is 6.50. The molecule has 2 aromatic carbocycles. The highest BCUT2D eigenvalue weighted by Crippen LogP contribution is 2.38. The molecule has 0 amide bonds. The lowest BCUT2D eigenvalue weighted by molar-refractivity contribution is -0.152. The van der Waals surface area contributed by atoms with E-state index in [0.717, 1.165) is 5.56 Å². The Labute approximate surface area is 213 Å². The van der Waals surface area contributed by atoms with E-state index >= 15 is 0 Å². The molecule has 1 N–H and O–H groups in total. The second kappa shape index (κ2) is 12.2. The highest BCUT2D eigenvalue weighted by molar-refractivity contribution is 7.13. The first-order chi connectivity index (χ1) is 16.4. The fraction of sp³-hybridized carbons (Fsp3) is 0.320. The Hall–Kier alpha value is -2.61. The van der Waals surface area contributed by atoms with E-state index in [0.29, 0.717) is 33.0 Å². The first-order valence-electron chi connectivity index (χ1n) is 10.9. The maximum absolute atomic E-state index is 13.1. The number of carbonyl (C=O) groups is 2. The van der Waals surface area contributed by atoms with E-state index < -0.39 is 11.4 Å². The Bertz CT molecular complexity index is 1120. The van der Waals surface area contributed by atoms with Gasteiger partial charge in [-0.15, -0.1) is 11.3 Å². The van der Waals surface area contributed by atoms with Gasteiger partial charge in [0.25, 0.3) is 0 Å². The molecule has 0 aliphatic rings. The van der Waals surface area contributed by atoms with Gasteiger partial charge in [-0.1, -0.05) is 60.5 Å². The number of anilines is 2. The van der Waals surface area contributed by atoms with Crippen molar-refractivity contribution in [1.82, 2.24) is 4.98 Å². The highest BCUT2D eigenvalue weighted by Gasteiger charge is 2.42. The molecule has 0 unspecified atom stereocenters. The van der Waals surface area contributed by atoms with Crippen LogP contribution in [0, 0.1) is 0 Å². The maximum atomic E-state index is 13.1. The number of rotatable bonds is 11. The second-order valence-corrected chi connectivity index (χ2v) is 9.29. The molecule has 1 aromatic heterocycles. The van der Waals surface area contributed by atoms with Crippen LogP contribution in [0.1, 0.15) is 44.4 Å². The lowest BCUT2D eigenvalue weighted by Crippen LogP contribution is -2.38. The first-order valence-corrected chi connectivity index (χ1v) is 12.6. The summed E-state index contributed by atoms with van der Waals surface area (Å²) in [7, 11) is 0. The number of nitrogens with one attached hydrogen (secondary N) is 1. The number of nitrogens with zero attached hydrogens (tertiary/aromatic N) is 1. The number of benzene rings is 2. The van der Waals surface area contributed by atoms with Crippen molar-refractivity contribution in [3.05, 3.63) is 75.2 Å². The van der Waals surface area contributed by atoms with Crippen LogP contribution in [0.5, 0.6) is 0 Å². The minimum absolute atomic E-state index is 0.0583. The SMILES string of the molecule is CCOC(=O)[C@@](CC)(CCC(=O)OCc1ccccc1)c1csc(Nc2ccc(Cl)cc2Cl)n1. The summed E-state index contributed by atoms with van der Waals surface area (Å²) in [6.45, 7) is 4.05. The number of esters is 2. The summed E-state index contributed by atoms with van der Waals surface area (Å²) in [5, 5.41) is 6.52. The Balaban J connectivity index is 1.75. The van der Waals surface area contributed by atoms with Gasteiger partial charge in [0.1, 0.15) is 12.0 Å². The molecule has 0 radical (unpaired) electrons. The summed E-state index contributed by atoms with van der Waals surface area (Å²) in [6, 6.07) is 14.6. The molecule has 0 bridgehead atoms. The molecule has 0 saturated carbocycles. The van der Waals surface area contributed by atoms with Crippen molar-refractivity contribution < 1.29 is 19.1 Å². The fourth-order valence-corrected chi connectivity index (χ4v) is 4.77. The molecule has 9 heteroatoms. The minimum atomic E-state index is -1.07. The third-order valence-electron chi connectivity index (χ3n) is 5.44. The van der Waals surface area contributed by atoms with Gasteiger partial charge in [0, 0.05) is 16.8 Å². The molecule has 34 heavy (non-hydrogen) atoms. The third-order valence-corrected chi connectivity index (χ3v) is 6.74. The van der Waals surface area contributed by atoms with Crippen LogP contribution < -0.4 is 5.32 Å². The van der Waals surface area contributed by atoms with E-state index in [1.807, 2.05) is 42.6 Å². The molecule has 180 valence electrons. The normalized spacial score (nSPS) is 12.6. The molecule has 3 rings (SSSR count). The molecule has 3 aromatic rings. The van der Waals surface area contributed by atoms with E-state index in [4.69, 9.17) is 32.7 Å². The van der Waals surface area contributed by atoms with Gasteiger partial charge in [0.05, 0.1) is 23.0 Å². The van der Waals surface area contributed by atoms with E-state index in [2.05, 4.69) is 10.3 Å². The van der Waals surface area contributed by atoms with E-state index in [1.165, 1.54) is 11.3 Å². The molecular weight excluding hydrogens is 495 g/mol. The van der Waals surface area contributed by atoms with Crippen LogP contribution in [0.25, 0.3) is 0 Å². The van der Waals surface area contributed by atoms with Gasteiger partial charge in [-0.05, 0) is 43.5 Å². The zero-order chi connectivity index (χ0) is 24.6. The van der Waals surface area contributed by atoms with Crippen molar-refractivity contribution in [3.63, 3.8) is 0 Å². The Morgan fingerprint density at radius 3 is 2.53 bits per heavy atom. The molecule has 0 spiro atoms. The van der Waals surface area contributed by atoms with Gasteiger partial charge in [0.2, 0.25) is 0 Å². The Morgan fingerprint density at radius 2 is 1.85 bits per heavy atom. The zero-order valence-corrected chi connectivity index (χ0v) is 21.3. The van der Waals surface area contributed by atoms with E-state index in [-0.39, 0.29) is 32.0 Å². The Morgan fingerprint density at radius 1 is 1.09 bits per heavy atom. The monoisotopic (exact) mass is 520 g/mol. The van der Waals surface area contributed by atoms with Crippen molar-refractivity contribution in [1.29, 1.82) is 0 Å². The van der Waals surface area contributed by atoms with Crippen molar-refractivity contribution in [2.45, 2.75) is 45.1 Å². The van der Waals surface area contributed by atoms with Gasteiger partial charge < -0.3 is 14.8 Å². The number of aromatic nitrogens is 1. The number of ether oxygens (including phenoxy) is 2. The average Bonchev–Trinajstić information content (AvgIpc) is 3.30. The van der Waals surface area contributed by atoms with Crippen molar-refractivity contribution in [2.24, 2.45) is 0 Å². The topological polar surface area (TPSA) is 77.5 Å². The van der Waals surface area contributed by atoms with Gasteiger partial charge in [-0.3, -0.25) is 9.59 Å². The minimum Gasteiger partial charge on any atom is -0.465 e. The molecular formula is C25H26Cl2N2O4S. The molecule has 0 fully saturated rings. The predicted octanol–water partition coefficient (Wildman–Crippen LogP) is 6.93. The van der Waals surface area contributed by atoms with E-state index in [9.17, 15) is 9.59 Å². The van der Waals surface area contributed by atoms with Crippen LogP contribution in [0.4, 0.5) is 10.8 Å². The number of hydrogen-bond acceptors (Lipinski definition) is 7. The van der Waals surface area contributed by atoms with Crippen molar-refractivity contribution in [3.8, 4) is 0 Å². The summed E-state index contributed by atoms with van der Waals surface area (Å²) in [6.07, 6.45) is 0.701. The highest BCUT2D eigenvalue weighted by atomic mass is 35.5. The van der Waals surface area contributed by atoms with E-state index in [1.54, 1.807) is 25.1 Å². The number of hydrogen-bond donors (Lipinski definition) is 1. The molecule has 0 aliphatic carbocycles. The predicted molar refractivity (Wildman–Crippen MR) is 136 cm³/mol. The van der Waals surface area contributed by atoms with Crippen LogP contribution in [0.15, 0.2) is 53.9 Å². The molecule has 1 atom stereocenters. The van der Waals surface area contributed by atoms with Crippen LogP contribution in [-0.2, 0) is 31.1 Å². The van der Waals surface area contributed by atoms with Crippen molar-refractivity contribution >= 4 is 57.3 Å². The van der Waals surface area contributed by atoms with Gasteiger partial charge in [0.15, 0.2) is 5.13 Å². The van der Waals surface area contributed by atoms with Crippen LogP contribution in [0.2, 0.25) is 10.0 Å². The van der Waals surface area contributed by atoms with Gasteiger partial charge in [-0.2, -0.15) is 0 Å². The van der Waals surface area contributed by atoms with Gasteiger partial charge in [-0.25, -0.2) is 4.98 Å². The first kappa shape index (κ1) is 26.0. The smallest absolute Gasteiger partial charge is 0.318 e. The number of thiazole rings is 1. The summed E-state index contributed by atoms with van der Waals surface area (Å²) < 4.78 is 10.8. The van der Waals surface area contributed by atoms with Gasteiger partial charge >= 0.3 is 11.9 Å². The summed E-state index contributed by atoms with van der Waals surface area (Å²) >= 11 is 13.6. The molecule has 1 heterocycles. The largest absolute Gasteiger partial charge is 0.465 e. The maximum Gasteiger partial charge on any atom is 0.318 e. The zero-order valence-electron chi connectivity index (χ0n) is 19.0. The fourth-order valence-electron chi connectivity index (χ4n) is 3.49. The quantitative estimate of drug-likeness (QED) is 0.276. The number of carbonyl (C=O) groups excluding carboxylic acids is 2. The second-order valence-electron chi connectivity index (χ2n) is 7.59. The van der Waals surface area contributed by atoms with Crippen LogP contribution >= 0.6 is 34.5 Å². The summed E-state index contributed by atoms with van der Waals surface area (Å²) in [5.74, 6) is -0.790. The standard InChI is InChI=1S/C25H26Cl2N2O4S/c1-3-25(23(31)32-4-2,13-12-22(30)33-15-17-8-6-5-7-9-17)21-16-34-24(29-21)28-20-11-10-18(26)14-19(20)27/h5-11,14,16H,3-4,12-13,15H2,1-2H3,(H,28,29)/t25-/m0/s1. The lowest BCUT2D eigenvalue weighted by Gasteiger charge is -2.28.